The van der Waals surface area contributed by atoms with E-state index in [4.69, 9.17) is 14.2 Å². The van der Waals surface area contributed by atoms with Crippen LogP contribution in [-0.4, -0.2) is 50.6 Å². The minimum absolute atomic E-state index is 0.155. The Morgan fingerprint density at radius 2 is 1.70 bits per heavy atom. The van der Waals surface area contributed by atoms with E-state index in [0.717, 1.165) is 25.1 Å². The van der Waals surface area contributed by atoms with Crippen LogP contribution in [0.15, 0.2) is 24.3 Å². The lowest BCUT2D eigenvalue weighted by Crippen LogP contribution is -2.34. The zero-order valence-electron chi connectivity index (χ0n) is 16.8. The highest BCUT2D eigenvalue weighted by Crippen LogP contribution is 2.11. The second-order valence-electron chi connectivity index (χ2n) is 7.03. The van der Waals surface area contributed by atoms with Crippen LogP contribution < -0.4 is 10.6 Å². The van der Waals surface area contributed by atoms with Crippen LogP contribution in [0.1, 0.15) is 50.9 Å². The second-order valence-corrected chi connectivity index (χ2v) is 7.03. The molecule has 0 unspecified atom stereocenters. The van der Waals surface area contributed by atoms with Gasteiger partial charge in [0.15, 0.2) is 0 Å². The van der Waals surface area contributed by atoms with Gasteiger partial charge in [0.1, 0.15) is 12.2 Å². The number of ether oxygens (including phenoxy) is 3. The van der Waals surface area contributed by atoms with Crippen LogP contribution in [0.5, 0.6) is 0 Å². The average Bonchev–Trinajstić information content (AvgIpc) is 2.60. The molecule has 0 saturated carbocycles. The molecule has 0 atom stereocenters. The van der Waals surface area contributed by atoms with Gasteiger partial charge in [-0.25, -0.2) is 9.59 Å². The number of anilines is 1. The molecular weight excluding hydrogens is 348 g/mol. The summed E-state index contributed by atoms with van der Waals surface area (Å²) in [5.74, 6) is -0.384. The van der Waals surface area contributed by atoms with E-state index in [2.05, 4.69) is 17.6 Å². The van der Waals surface area contributed by atoms with Crippen molar-refractivity contribution < 1.29 is 23.8 Å². The molecule has 27 heavy (non-hydrogen) atoms. The van der Waals surface area contributed by atoms with Crippen LogP contribution in [0.25, 0.3) is 0 Å². The van der Waals surface area contributed by atoms with Crippen LogP contribution >= 0.6 is 0 Å². The summed E-state index contributed by atoms with van der Waals surface area (Å²) in [6, 6.07) is 7.21. The molecule has 0 aliphatic heterocycles. The van der Waals surface area contributed by atoms with Crippen LogP contribution in [0.2, 0.25) is 0 Å². The van der Waals surface area contributed by atoms with Gasteiger partial charge in [0.05, 0.1) is 18.8 Å². The van der Waals surface area contributed by atoms with Crippen molar-refractivity contribution in [2.75, 3.05) is 38.2 Å². The molecule has 1 aromatic rings. The van der Waals surface area contributed by atoms with E-state index >= 15 is 0 Å². The molecule has 0 saturated heterocycles. The third-order valence-electron chi connectivity index (χ3n) is 3.36. The fraction of sp³-hybridized carbons (Fsp3) is 0.600. The fourth-order valence-corrected chi connectivity index (χ4v) is 2.05. The number of hydrogen-bond acceptors (Lipinski definition) is 6. The van der Waals surface area contributed by atoms with Gasteiger partial charge in [0, 0.05) is 18.8 Å². The van der Waals surface area contributed by atoms with Gasteiger partial charge in [-0.15, -0.1) is 0 Å². The monoisotopic (exact) mass is 380 g/mol. The lowest BCUT2D eigenvalue weighted by atomic mass is 10.2. The summed E-state index contributed by atoms with van der Waals surface area (Å²) in [5.41, 5.74) is 0.964. The number of benzene rings is 1. The molecule has 0 bridgehead atoms. The zero-order chi connectivity index (χ0) is 20.1. The molecule has 1 amide bonds. The predicted octanol–water partition coefficient (Wildman–Crippen LogP) is 3.60. The Morgan fingerprint density at radius 1 is 1.00 bits per heavy atom. The van der Waals surface area contributed by atoms with E-state index in [0.29, 0.717) is 18.7 Å². The number of alkyl carbamates (subject to hydrolysis) is 1. The summed E-state index contributed by atoms with van der Waals surface area (Å²) in [6.07, 6.45) is 1.76. The van der Waals surface area contributed by atoms with E-state index in [-0.39, 0.29) is 19.2 Å². The van der Waals surface area contributed by atoms with Crippen molar-refractivity contribution >= 4 is 17.7 Å². The van der Waals surface area contributed by atoms with Gasteiger partial charge >= 0.3 is 12.1 Å². The summed E-state index contributed by atoms with van der Waals surface area (Å²) >= 11 is 0. The van der Waals surface area contributed by atoms with Gasteiger partial charge < -0.3 is 24.8 Å². The first kappa shape index (κ1) is 22.8. The Kier molecular flexibility index (Phi) is 10.3. The molecule has 152 valence electrons. The number of carbonyl (C=O) groups excluding carboxylic acids is 2. The predicted molar refractivity (Wildman–Crippen MR) is 105 cm³/mol. The van der Waals surface area contributed by atoms with Crippen molar-refractivity contribution in [3.05, 3.63) is 29.8 Å². The highest BCUT2D eigenvalue weighted by atomic mass is 16.6. The first-order valence-corrected chi connectivity index (χ1v) is 9.37. The molecule has 0 spiro atoms. The maximum atomic E-state index is 12.0. The third kappa shape index (κ3) is 11.1. The largest absolute Gasteiger partial charge is 0.460 e. The van der Waals surface area contributed by atoms with Crippen molar-refractivity contribution in [1.29, 1.82) is 0 Å². The number of unbranched alkanes of at least 4 members (excludes halogenated alkanes) is 1. The van der Waals surface area contributed by atoms with Crippen LogP contribution in [0.4, 0.5) is 10.5 Å². The molecule has 2 N–H and O–H groups in total. The van der Waals surface area contributed by atoms with Crippen LogP contribution in [-0.2, 0) is 14.2 Å². The molecule has 7 nitrogen and oxygen atoms in total. The minimum Gasteiger partial charge on any atom is -0.460 e. The topological polar surface area (TPSA) is 85.9 Å². The number of carbonyl (C=O) groups is 2. The summed E-state index contributed by atoms with van der Waals surface area (Å²) in [7, 11) is 0. The Morgan fingerprint density at radius 3 is 2.33 bits per heavy atom. The van der Waals surface area contributed by atoms with Gasteiger partial charge in [0.2, 0.25) is 0 Å². The van der Waals surface area contributed by atoms with Gasteiger partial charge in [-0.1, -0.05) is 13.3 Å². The van der Waals surface area contributed by atoms with E-state index < -0.39 is 11.7 Å². The molecule has 0 aliphatic rings. The smallest absolute Gasteiger partial charge is 0.407 e. The van der Waals surface area contributed by atoms with Crippen molar-refractivity contribution in [3.63, 3.8) is 0 Å². The molecule has 1 aromatic carbocycles. The summed E-state index contributed by atoms with van der Waals surface area (Å²) < 4.78 is 15.6. The molecule has 1 rings (SSSR count). The lowest BCUT2D eigenvalue weighted by molar-refractivity contribution is 0.0308. The standard InChI is InChI=1S/C20H32N2O5/c1-5-6-11-21-17-9-7-16(8-10-17)18(23)26-15-14-25-13-12-22-19(24)27-20(2,3)4/h7-10,21H,5-6,11-15H2,1-4H3,(H,22,24). The molecule has 7 heteroatoms. The molecule has 0 fully saturated rings. The first-order chi connectivity index (χ1) is 12.8. The SMILES string of the molecule is CCCCNc1ccc(C(=O)OCCOCCNC(=O)OC(C)(C)C)cc1. The Hall–Kier alpha value is -2.28. The summed E-state index contributed by atoms with van der Waals surface area (Å²) in [4.78, 5) is 23.4. The van der Waals surface area contributed by atoms with Crippen molar-refractivity contribution in [2.45, 2.75) is 46.1 Å². The minimum atomic E-state index is -0.525. The molecule has 0 heterocycles. The highest BCUT2D eigenvalue weighted by molar-refractivity contribution is 5.89. The third-order valence-corrected chi connectivity index (χ3v) is 3.36. The van der Waals surface area contributed by atoms with E-state index in [1.165, 1.54) is 0 Å². The van der Waals surface area contributed by atoms with Gasteiger partial charge in [-0.3, -0.25) is 0 Å². The maximum Gasteiger partial charge on any atom is 0.407 e. The van der Waals surface area contributed by atoms with Crippen molar-refractivity contribution in [3.8, 4) is 0 Å². The first-order valence-electron chi connectivity index (χ1n) is 9.37. The number of amides is 1. The van der Waals surface area contributed by atoms with Crippen LogP contribution in [0.3, 0.4) is 0 Å². The molecule has 0 aromatic heterocycles. The fourth-order valence-electron chi connectivity index (χ4n) is 2.05. The summed E-state index contributed by atoms with van der Waals surface area (Å²) in [6.45, 7) is 9.52. The van der Waals surface area contributed by atoms with Crippen LogP contribution in [0, 0.1) is 0 Å². The van der Waals surface area contributed by atoms with Gasteiger partial charge in [-0.2, -0.15) is 0 Å². The second kappa shape index (κ2) is 12.2. The van der Waals surface area contributed by atoms with Crippen molar-refractivity contribution in [2.24, 2.45) is 0 Å². The molecular formula is C20H32N2O5. The number of esters is 1. The molecule has 0 aliphatic carbocycles. The van der Waals surface area contributed by atoms with Gasteiger partial charge in [0.25, 0.3) is 0 Å². The Labute approximate surface area is 161 Å². The van der Waals surface area contributed by atoms with E-state index in [1.807, 2.05) is 12.1 Å². The zero-order valence-corrected chi connectivity index (χ0v) is 16.8. The average molecular weight is 380 g/mol. The Bertz CT molecular complexity index is 567. The highest BCUT2D eigenvalue weighted by Gasteiger charge is 2.15. The summed E-state index contributed by atoms with van der Waals surface area (Å²) in [5, 5.41) is 5.88. The number of rotatable bonds is 11. The normalized spacial score (nSPS) is 11.0. The lowest BCUT2D eigenvalue weighted by Gasteiger charge is -2.19. The van der Waals surface area contributed by atoms with Gasteiger partial charge in [-0.05, 0) is 51.5 Å². The number of hydrogen-bond donors (Lipinski definition) is 2. The Balaban J connectivity index is 2.12. The quantitative estimate of drug-likeness (QED) is 0.451. The number of nitrogens with one attached hydrogen (secondary N) is 2. The van der Waals surface area contributed by atoms with E-state index in [9.17, 15) is 9.59 Å². The van der Waals surface area contributed by atoms with E-state index in [1.54, 1.807) is 32.9 Å². The molecule has 0 radical (unpaired) electrons. The van der Waals surface area contributed by atoms with Crippen molar-refractivity contribution in [1.82, 2.24) is 5.32 Å². The maximum absolute atomic E-state index is 12.0.